The summed E-state index contributed by atoms with van der Waals surface area (Å²) in [5.41, 5.74) is 8.42. The van der Waals surface area contributed by atoms with E-state index in [2.05, 4.69) is 50.4 Å². The molecular weight excluding hydrogens is 248 g/mol. The van der Waals surface area contributed by atoms with Crippen LogP contribution in [0.25, 0.3) is 0 Å². The quantitative estimate of drug-likeness (QED) is 0.804. The second kappa shape index (κ2) is 7.44. The zero-order chi connectivity index (χ0) is 15.2. The lowest BCUT2D eigenvalue weighted by Crippen LogP contribution is -2.40. The first-order chi connectivity index (χ1) is 9.40. The second-order valence-electron chi connectivity index (χ2n) is 6.05. The lowest BCUT2D eigenvalue weighted by molar-refractivity contribution is -0.122. The number of carbonyl (C=O) groups excluding carboxylic acids is 1. The van der Waals surface area contributed by atoms with Crippen molar-refractivity contribution >= 4 is 5.91 Å². The Bertz CT molecular complexity index is 423. The highest BCUT2D eigenvalue weighted by atomic mass is 16.2. The summed E-state index contributed by atoms with van der Waals surface area (Å²) in [6.45, 7) is 9.26. The molecule has 1 unspecified atom stereocenters. The Morgan fingerprint density at radius 3 is 2.35 bits per heavy atom. The minimum Gasteiger partial charge on any atom is -0.351 e. The molecule has 1 aromatic carbocycles. The van der Waals surface area contributed by atoms with Crippen LogP contribution in [0.4, 0.5) is 0 Å². The van der Waals surface area contributed by atoms with Crippen LogP contribution in [0.5, 0.6) is 0 Å². The average molecular weight is 276 g/mol. The van der Waals surface area contributed by atoms with Crippen molar-refractivity contribution in [2.75, 3.05) is 0 Å². The van der Waals surface area contributed by atoms with Crippen molar-refractivity contribution in [1.82, 2.24) is 5.32 Å². The highest BCUT2D eigenvalue weighted by Gasteiger charge is 2.17. The molecule has 0 heterocycles. The molecule has 0 aliphatic heterocycles. The predicted octanol–water partition coefficient (Wildman–Crippen LogP) is 3.12. The molecule has 0 saturated carbocycles. The van der Waals surface area contributed by atoms with Crippen LogP contribution in [-0.2, 0) is 16.8 Å². The monoisotopic (exact) mass is 276 g/mol. The summed E-state index contributed by atoms with van der Waals surface area (Å²) in [6, 6.07) is 8.07. The number of carbonyl (C=O) groups is 1. The van der Waals surface area contributed by atoms with Crippen molar-refractivity contribution in [2.24, 2.45) is 5.73 Å². The first kappa shape index (κ1) is 16.7. The molecular formula is C17H28N2O. The van der Waals surface area contributed by atoms with Crippen molar-refractivity contribution in [3.8, 4) is 0 Å². The van der Waals surface area contributed by atoms with E-state index in [-0.39, 0.29) is 11.3 Å². The summed E-state index contributed by atoms with van der Waals surface area (Å²) in [4.78, 5) is 11.7. The number of rotatable bonds is 7. The van der Waals surface area contributed by atoms with Gasteiger partial charge in [0.1, 0.15) is 0 Å². The topological polar surface area (TPSA) is 55.1 Å². The summed E-state index contributed by atoms with van der Waals surface area (Å²) in [7, 11) is 0. The molecule has 0 aromatic heterocycles. The lowest BCUT2D eigenvalue weighted by Gasteiger charge is -2.23. The van der Waals surface area contributed by atoms with E-state index in [1.807, 2.05) is 6.92 Å². The molecule has 1 aromatic rings. The van der Waals surface area contributed by atoms with Crippen molar-refractivity contribution in [3.63, 3.8) is 0 Å². The van der Waals surface area contributed by atoms with Gasteiger partial charge in [-0.25, -0.2) is 0 Å². The minimum atomic E-state index is -0.390. The van der Waals surface area contributed by atoms with Crippen molar-refractivity contribution < 1.29 is 4.79 Å². The number of benzene rings is 1. The fraction of sp³-hybridized carbons (Fsp3) is 0.588. The fourth-order valence-electron chi connectivity index (χ4n) is 2.04. The summed E-state index contributed by atoms with van der Waals surface area (Å²) in [6.07, 6.45) is 2.76. The molecule has 0 aliphatic carbocycles. The van der Waals surface area contributed by atoms with Gasteiger partial charge < -0.3 is 11.1 Å². The molecule has 112 valence electrons. The highest BCUT2D eigenvalue weighted by Crippen LogP contribution is 2.26. The van der Waals surface area contributed by atoms with E-state index < -0.39 is 6.04 Å². The summed E-state index contributed by atoms with van der Waals surface area (Å²) < 4.78 is 0. The third kappa shape index (κ3) is 4.64. The van der Waals surface area contributed by atoms with Gasteiger partial charge in [-0.2, -0.15) is 0 Å². The third-order valence-electron chi connectivity index (χ3n) is 4.02. The molecule has 3 nitrogen and oxygen atoms in total. The first-order valence-corrected chi connectivity index (χ1v) is 7.53. The molecule has 1 atom stereocenters. The average Bonchev–Trinajstić information content (AvgIpc) is 2.45. The van der Waals surface area contributed by atoms with Crippen LogP contribution in [0.1, 0.15) is 58.1 Å². The number of amides is 1. The van der Waals surface area contributed by atoms with Crippen molar-refractivity contribution in [1.29, 1.82) is 0 Å². The standard InChI is InChI=1S/C17H28N2O/c1-5-7-15(18)16(20)19-12-13-8-10-14(11-9-13)17(3,4)6-2/h8-11,15H,5-7,12,18H2,1-4H3,(H,19,20). The van der Waals surface area contributed by atoms with Crippen molar-refractivity contribution in [2.45, 2.75) is 65.0 Å². The van der Waals surface area contributed by atoms with E-state index in [1.54, 1.807) is 0 Å². The largest absolute Gasteiger partial charge is 0.351 e. The van der Waals surface area contributed by atoms with Gasteiger partial charge in [0.15, 0.2) is 0 Å². The molecule has 20 heavy (non-hydrogen) atoms. The maximum atomic E-state index is 11.7. The Morgan fingerprint density at radius 1 is 1.25 bits per heavy atom. The predicted molar refractivity (Wildman–Crippen MR) is 84.5 cm³/mol. The van der Waals surface area contributed by atoms with E-state index in [0.29, 0.717) is 6.54 Å². The molecule has 0 aliphatic rings. The van der Waals surface area contributed by atoms with Gasteiger partial charge in [0, 0.05) is 6.54 Å². The van der Waals surface area contributed by atoms with Gasteiger partial charge in [-0.05, 0) is 29.4 Å². The van der Waals surface area contributed by atoms with Gasteiger partial charge in [-0.3, -0.25) is 4.79 Å². The van der Waals surface area contributed by atoms with Crippen LogP contribution in [-0.4, -0.2) is 11.9 Å². The molecule has 0 fully saturated rings. The van der Waals surface area contributed by atoms with Crippen LogP contribution in [0.3, 0.4) is 0 Å². The van der Waals surface area contributed by atoms with Gasteiger partial charge in [-0.1, -0.05) is 58.4 Å². The van der Waals surface area contributed by atoms with Gasteiger partial charge in [0.2, 0.25) is 5.91 Å². The van der Waals surface area contributed by atoms with Crippen LogP contribution < -0.4 is 11.1 Å². The Kier molecular flexibility index (Phi) is 6.21. The maximum Gasteiger partial charge on any atom is 0.237 e. The second-order valence-corrected chi connectivity index (χ2v) is 6.05. The molecule has 1 rings (SSSR count). The summed E-state index contributed by atoms with van der Waals surface area (Å²) >= 11 is 0. The van der Waals surface area contributed by atoms with E-state index in [4.69, 9.17) is 5.73 Å². The number of nitrogens with one attached hydrogen (secondary N) is 1. The lowest BCUT2D eigenvalue weighted by atomic mass is 9.82. The van der Waals surface area contributed by atoms with Crippen molar-refractivity contribution in [3.05, 3.63) is 35.4 Å². The smallest absolute Gasteiger partial charge is 0.237 e. The Hall–Kier alpha value is -1.35. The number of hydrogen-bond acceptors (Lipinski definition) is 2. The van der Waals surface area contributed by atoms with Gasteiger partial charge in [-0.15, -0.1) is 0 Å². The van der Waals surface area contributed by atoms with E-state index in [9.17, 15) is 4.79 Å². The normalized spacial score (nSPS) is 13.1. The van der Waals surface area contributed by atoms with Gasteiger partial charge in [0.25, 0.3) is 0 Å². The summed E-state index contributed by atoms with van der Waals surface area (Å²) in [5, 5.41) is 2.89. The molecule has 1 amide bonds. The maximum absolute atomic E-state index is 11.7. The Labute approximate surface area is 122 Å². The van der Waals surface area contributed by atoms with Crippen LogP contribution in [0, 0.1) is 0 Å². The van der Waals surface area contributed by atoms with Crippen LogP contribution in [0.15, 0.2) is 24.3 Å². The fourth-order valence-corrected chi connectivity index (χ4v) is 2.04. The minimum absolute atomic E-state index is 0.0650. The molecule has 3 heteroatoms. The first-order valence-electron chi connectivity index (χ1n) is 7.53. The Morgan fingerprint density at radius 2 is 1.85 bits per heavy atom. The third-order valence-corrected chi connectivity index (χ3v) is 4.02. The summed E-state index contributed by atoms with van der Waals surface area (Å²) in [5.74, 6) is -0.0650. The molecule has 0 radical (unpaired) electrons. The van der Waals surface area contributed by atoms with Gasteiger partial charge >= 0.3 is 0 Å². The molecule has 3 N–H and O–H groups in total. The van der Waals surface area contributed by atoms with E-state index in [0.717, 1.165) is 24.8 Å². The number of nitrogens with two attached hydrogens (primary N) is 1. The zero-order valence-corrected chi connectivity index (χ0v) is 13.2. The number of hydrogen-bond donors (Lipinski definition) is 2. The Balaban J connectivity index is 2.56. The molecule has 0 spiro atoms. The van der Waals surface area contributed by atoms with E-state index >= 15 is 0 Å². The van der Waals surface area contributed by atoms with E-state index in [1.165, 1.54) is 5.56 Å². The van der Waals surface area contributed by atoms with Crippen LogP contribution in [0.2, 0.25) is 0 Å². The van der Waals surface area contributed by atoms with Gasteiger partial charge in [0.05, 0.1) is 6.04 Å². The van der Waals surface area contributed by atoms with Crippen LogP contribution >= 0.6 is 0 Å². The molecule has 0 bridgehead atoms. The zero-order valence-electron chi connectivity index (χ0n) is 13.2. The SMILES string of the molecule is CCCC(N)C(=O)NCc1ccc(C(C)(C)CC)cc1. The molecule has 0 saturated heterocycles. The highest BCUT2D eigenvalue weighted by molar-refractivity contribution is 5.81.